The van der Waals surface area contributed by atoms with Gasteiger partial charge in [0, 0.05) is 73.6 Å². The minimum absolute atomic E-state index is 0.147. The summed E-state index contributed by atoms with van der Waals surface area (Å²) in [4.78, 5) is 322. The highest BCUT2D eigenvalue weighted by Gasteiger charge is 2.61. The van der Waals surface area contributed by atoms with Crippen molar-refractivity contribution < 1.29 is 231 Å². The van der Waals surface area contributed by atoms with E-state index >= 15 is 0 Å². The maximum atomic E-state index is 14.8. The number of phosphoric ester groups is 10. The monoisotopic (exact) mass is 2170 g/mol. The third kappa shape index (κ3) is 27.8. The first-order chi connectivity index (χ1) is 63.3. The Kier molecular flexibility index (Phi) is 33.3. The van der Waals surface area contributed by atoms with Gasteiger partial charge in [-0.1, -0.05) is 0 Å². The molecule has 0 saturated carbocycles. The molecule has 0 aliphatic carbocycles. The van der Waals surface area contributed by atoms with E-state index in [1.165, 1.54) is 0 Å². The number of aliphatic hydroxyl groups is 3. The van der Waals surface area contributed by atoms with E-state index in [9.17, 15) is 192 Å². The molecule has 6 fully saturated rings. The van der Waals surface area contributed by atoms with Gasteiger partial charge in [-0.15, -0.1) is 0 Å². The summed E-state index contributed by atoms with van der Waals surface area (Å²) in [6, 6.07) is 3.47. The van der Waals surface area contributed by atoms with Gasteiger partial charge in [0.2, 0.25) is 0 Å². The third-order valence-corrected chi connectivity index (χ3v) is 26.8. The molecular weight excluding hydrogens is 2100 g/mol. The molecule has 0 radical (unpaired) electrons. The molecule has 6 aliphatic heterocycles. The quantitative estimate of drug-likeness (QED) is 0.0158. The molecule has 73 nitrogen and oxygen atoms in total. The summed E-state index contributed by atoms with van der Waals surface area (Å²) >= 11 is 0. The standard InChI is InChI=1S/C54H72N12O61P10/c67-13-19-33(38(118-128(82,83)84)44(112-19)62-8-2-26(69)56-50(62)77)123-134(99,100)108-15-21-35(40(120-130(88,89)90)46(114-21)64-10-4-28(71)58-52(64)79)125-136(103,104)110-17-23-37(42(122-132(94,95)96)48(116-23)66-12-6-30(73)60-54(66)81)127-137(105,106)111-18-24-36(41(121-131(91,92)93)47(117-24)65-11-5-29(72)59-53(65)80)126-135(101,102)109-16-22-34(39(119-129(85,86)87)45(115-22)63-9-3-27(70)57-51(63)78)124-133(97,98)107-14-20-31(74)32(75)43(113-20)61-7-1-25(68)55-49(61)76/h1-12,19-24,31-48,67,74-75H,13-18H2,(H,97,98)(H,99,100)(H,101,102)(H,103,104)(H,105,106)(H,55,68,76)(H,56,69,77)(H,57,70,78)(H,58,71,79)(H,59,72,80)(H,60,73,81)(H2,82,83,84)(H2,85,86,87)(H2,88,89,90)(H2,91,92,93)(H2,94,95,96)/t19-,20-,21-,22-,23-,24-,31-,32-,33-,34-,35-,36-,37-,38-,39-,40-,41-,42-,43-,44-,45-,46-,47-,48-/m1/s1. The van der Waals surface area contributed by atoms with Gasteiger partial charge >= 0.3 is 112 Å². The van der Waals surface area contributed by atoms with Gasteiger partial charge in [-0.2, -0.15) is 0 Å². The van der Waals surface area contributed by atoms with Crippen LogP contribution >= 0.6 is 78.2 Å². The van der Waals surface area contributed by atoms with E-state index in [-0.39, 0.29) is 18.3 Å². The first kappa shape index (κ1) is 109. The fourth-order valence-electron chi connectivity index (χ4n) is 14.0. The molecule has 6 aromatic heterocycles. The van der Waals surface area contributed by atoms with Crippen LogP contribution in [0, 0.1) is 0 Å². The highest BCUT2D eigenvalue weighted by atomic mass is 31.2. The minimum atomic E-state index is -6.65. The van der Waals surface area contributed by atoms with Crippen LogP contribution in [0.5, 0.6) is 0 Å². The van der Waals surface area contributed by atoms with Gasteiger partial charge in [0.25, 0.3) is 33.4 Å². The first-order valence-electron chi connectivity index (χ1n) is 37.1. The molecule has 764 valence electrons. The Hall–Kier alpha value is -7.18. The Morgan fingerprint density at radius 2 is 0.409 bits per heavy atom. The van der Waals surface area contributed by atoms with Crippen LogP contribution in [-0.4, -0.2) is 296 Å². The summed E-state index contributed by atoms with van der Waals surface area (Å²) in [7, 11) is -62.9. The predicted molar refractivity (Wildman–Crippen MR) is 418 cm³/mol. The Bertz CT molecular complexity index is 6760. The van der Waals surface area contributed by atoms with E-state index < -0.39 is 333 Å². The van der Waals surface area contributed by atoms with E-state index in [0.717, 1.165) is 12.3 Å². The molecule has 0 aromatic carbocycles. The number of phosphoric acid groups is 10. The lowest BCUT2D eigenvalue weighted by atomic mass is 10.1. The van der Waals surface area contributed by atoms with Gasteiger partial charge in [-0.05, 0) is 0 Å². The second-order valence-corrected chi connectivity index (χ2v) is 41.6. The number of aromatic amines is 6. The molecule has 137 heavy (non-hydrogen) atoms. The van der Waals surface area contributed by atoms with Crippen molar-refractivity contribution in [3.05, 3.63) is 199 Å². The Morgan fingerprint density at radius 3 is 0.591 bits per heavy atom. The first-order valence-corrected chi connectivity index (χ1v) is 52.2. The summed E-state index contributed by atoms with van der Waals surface area (Å²) < 4.78 is 246. The van der Waals surface area contributed by atoms with Crippen molar-refractivity contribution in [3.8, 4) is 0 Å². The molecule has 29 atom stereocenters. The fraction of sp³-hybridized carbons (Fsp3) is 0.556. The molecule has 0 amide bonds. The van der Waals surface area contributed by atoms with E-state index in [4.69, 9.17) is 96.3 Å². The van der Waals surface area contributed by atoms with Crippen molar-refractivity contribution in [2.24, 2.45) is 0 Å². The van der Waals surface area contributed by atoms with Crippen LogP contribution in [0.2, 0.25) is 0 Å². The van der Waals surface area contributed by atoms with Gasteiger partial charge < -0.3 is 117 Å². The van der Waals surface area contributed by atoms with E-state index in [1.54, 1.807) is 24.9 Å². The Balaban J connectivity index is 0.842. The van der Waals surface area contributed by atoms with Crippen LogP contribution in [0.3, 0.4) is 0 Å². The number of nitrogens with zero attached hydrogens (tertiary/aromatic N) is 6. The number of aliphatic hydroxyl groups excluding tert-OH is 3. The van der Waals surface area contributed by atoms with Gasteiger partial charge in [0.15, 0.2) is 37.4 Å². The molecule has 5 unspecified atom stereocenters. The lowest BCUT2D eigenvalue weighted by Gasteiger charge is -2.29. The van der Waals surface area contributed by atoms with Gasteiger partial charge in [-0.3, -0.25) is 154 Å². The van der Waals surface area contributed by atoms with Crippen LogP contribution in [0.15, 0.2) is 131 Å². The van der Waals surface area contributed by atoms with Crippen molar-refractivity contribution >= 4 is 78.2 Å². The van der Waals surface area contributed by atoms with E-state index in [0.29, 0.717) is 70.5 Å². The van der Waals surface area contributed by atoms with Crippen molar-refractivity contribution in [3.63, 3.8) is 0 Å². The van der Waals surface area contributed by atoms with Crippen molar-refractivity contribution in [1.82, 2.24) is 57.3 Å². The predicted octanol–water partition coefficient (Wildman–Crippen LogP) is -10.7. The van der Waals surface area contributed by atoms with Crippen LogP contribution in [0.4, 0.5) is 0 Å². The van der Waals surface area contributed by atoms with Crippen LogP contribution in [-0.2, 0) is 142 Å². The van der Waals surface area contributed by atoms with Gasteiger partial charge in [0.1, 0.15) is 110 Å². The Morgan fingerprint density at radius 1 is 0.241 bits per heavy atom. The summed E-state index contributed by atoms with van der Waals surface area (Å²) in [5.74, 6) is 0. The lowest BCUT2D eigenvalue weighted by Crippen LogP contribution is -2.41. The summed E-state index contributed by atoms with van der Waals surface area (Å²) in [6.45, 7) is -10.3. The Labute approximate surface area is 749 Å². The van der Waals surface area contributed by atoms with Gasteiger partial charge in [-0.25, -0.2) is 74.4 Å². The highest BCUT2D eigenvalue weighted by molar-refractivity contribution is 7.49. The van der Waals surface area contributed by atoms with Crippen molar-refractivity contribution in [2.75, 3.05) is 39.6 Å². The normalized spacial score (nSPS) is 31.2. The van der Waals surface area contributed by atoms with E-state index in [1.807, 2.05) is 4.98 Å². The average molecular weight is 2170 g/mol. The van der Waals surface area contributed by atoms with Crippen LogP contribution in [0.25, 0.3) is 0 Å². The number of nitrogens with one attached hydrogen (secondary N) is 6. The highest BCUT2D eigenvalue weighted by Crippen LogP contribution is 2.61. The zero-order valence-electron chi connectivity index (χ0n) is 66.8. The molecule has 0 spiro atoms. The summed E-state index contributed by atoms with van der Waals surface area (Å²) in [5.41, 5.74) is -16.1. The molecule has 12 heterocycles. The number of hydrogen-bond acceptors (Lipinski definition) is 46. The number of H-pyrrole nitrogens is 6. The topological polar surface area (TPSA) is 1060 Å². The second kappa shape index (κ2) is 42.0. The SMILES string of the molecule is O=c1ccn([C@@H]2O[C@H](COP(=O)(O)O[C@H]3[C@@H](OP(=O)(O)O)[C@H](n4ccc(=O)[nH]c4=O)O[C@@H]3COP(=O)(O)O[C@H]3[C@@H](OP(=O)(O)O)[C@H](n4ccc(=O)[nH]c4=O)O[C@@H]3COP(=O)(O)O[C@H]3[C@@H](OP(=O)(O)O)[C@H](n4ccc(=O)[nH]c4=O)O[C@@H]3COP(=O)(O)O[C@H]3[C@@H](OP(=O)(O)O)[C@H](n4ccc(=O)[nH]c4=O)O[C@@H]3COP(=O)(O)O[C@H]3[C@@H](OP(=O)(O)O)[C@H](n4ccc(=O)[nH]c4=O)O[C@@H]3CO)[C@@H](O)[C@H]2O)c(=O)[nH]1. The summed E-state index contributed by atoms with van der Waals surface area (Å²) in [6.07, 6.45) is -58.6. The number of hydrogen-bond donors (Lipinski definition) is 24. The largest absolute Gasteiger partial charge is 0.472 e. The summed E-state index contributed by atoms with van der Waals surface area (Å²) in [5, 5.41) is 31.9. The number of rotatable bonds is 42. The molecule has 83 heteroatoms. The van der Waals surface area contributed by atoms with Crippen molar-refractivity contribution in [2.45, 2.75) is 147 Å². The molecule has 6 aromatic rings. The zero-order chi connectivity index (χ0) is 101. The smallest absolute Gasteiger partial charge is 0.394 e. The molecule has 24 N–H and O–H groups in total. The maximum Gasteiger partial charge on any atom is 0.472 e. The fourth-order valence-corrected chi connectivity index (χ4v) is 21.5. The molecule has 6 saturated heterocycles. The third-order valence-electron chi connectivity index (χ3n) is 19.3. The maximum absolute atomic E-state index is 14.8. The zero-order valence-corrected chi connectivity index (χ0v) is 75.7. The second-order valence-electron chi connectivity index (χ2n) is 28.6. The minimum Gasteiger partial charge on any atom is -0.394 e. The molecule has 12 rings (SSSR count). The van der Waals surface area contributed by atoms with Crippen LogP contribution < -0.4 is 67.5 Å². The van der Waals surface area contributed by atoms with Crippen molar-refractivity contribution in [1.29, 1.82) is 0 Å². The number of aromatic nitrogens is 12. The van der Waals surface area contributed by atoms with Crippen LogP contribution in [0.1, 0.15) is 37.4 Å². The average Bonchev–Trinajstić information content (AvgIpc) is 1.61. The lowest BCUT2D eigenvalue weighted by molar-refractivity contribution is -0.0668. The molecule has 0 bridgehead atoms. The number of ether oxygens (including phenoxy) is 6. The molecule has 6 aliphatic rings. The molecular formula is C54H72N12O61P10. The van der Waals surface area contributed by atoms with E-state index in [2.05, 4.69) is 0 Å². The van der Waals surface area contributed by atoms with Gasteiger partial charge in [0.05, 0.1) is 39.6 Å².